The molecular weight excluding hydrogens is 264 g/mol. The van der Waals surface area contributed by atoms with Crippen molar-refractivity contribution < 1.29 is 9.53 Å². The Bertz CT molecular complexity index is 288. The predicted molar refractivity (Wildman–Crippen MR) is 87.6 cm³/mol. The molecule has 0 aromatic rings. The fourth-order valence-corrected chi connectivity index (χ4v) is 2.79. The van der Waals surface area contributed by atoms with E-state index in [4.69, 9.17) is 4.74 Å². The van der Waals surface area contributed by atoms with Gasteiger partial charge in [-0.3, -0.25) is 0 Å². The normalized spacial score (nSPS) is 20.5. The molecule has 1 heterocycles. The van der Waals surface area contributed by atoms with E-state index in [2.05, 4.69) is 12.4 Å². The van der Waals surface area contributed by atoms with Crippen LogP contribution in [0, 0.1) is 0 Å². The summed E-state index contributed by atoms with van der Waals surface area (Å²) in [5.74, 6) is 0. The fourth-order valence-electron chi connectivity index (χ4n) is 2.79. The summed E-state index contributed by atoms with van der Waals surface area (Å²) >= 11 is 0. The molecule has 4 heteroatoms. The molecule has 2 aliphatic rings. The van der Waals surface area contributed by atoms with Gasteiger partial charge in [0.05, 0.1) is 0 Å². The van der Waals surface area contributed by atoms with Crippen LogP contribution in [0.3, 0.4) is 0 Å². The number of piperidine rings is 1. The fraction of sp³-hybridized carbons (Fsp3) is 0.941. The molecule has 0 radical (unpaired) electrons. The molecule has 0 atom stereocenters. The first-order chi connectivity index (χ1) is 9.92. The summed E-state index contributed by atoms with van der Waals surface area (Å²) < 4.78 is 5.26. The van der Waals surface area contributed by atoms with Gasteiger partial charge in [-0.15, -0.1) is 0 Å². The van der Waals surface area contributed by atoms with Gasteiger partial charge in [0.25, 0.3) is 0 Å². The van der Waals surface area contributed by atoms with Gasteiger partial charge in [0.15, 0.2) is 0 Å². The van der Waals surface area contributed by atoms with Crippen molar-refractivity contribution in [1.29, 1.82) is 0 Å². The lowest BCUT2D eigenvalue weighted by molar-refractivity contribution is 0.0216. The molecule has 0 aromatic heterocycles. The molecule has 0 spiro atoms. The first-order valence-corrected chi connectivity index (χ1v) is 8.57. The molecular formula is C17H34N2O2. The first kappa shape index (κ1) is 18.3. The smallest absolute Gasteiger partial charge is 0.410 e. The van der Waals surface area contributed by atoms with E-state index in [0.29, 0.717) is 0 Å². The minimum Gasteiger partial charge on any atom is -0.444 e. The third-order valence-electron chi connectivity index (χ3n) is 4.02. The van der Waals surface area contributed by atoms with Crippen LogP contribution >= 0.6 is 0 Å². The van der Waals surface area contributed by atoms with E-state index < -0.39 is 0 Å². The van der Waals surface area contributed by atoms with Crippen molar-refractivity contribution in [3.05, 3.63) is 0 Å². The summed E-state index contributed by atoms with van der Waals surface area (Å²) in [5, 5.41) is 3.30. The Hall–Kier alpha value is -0.770. The lowest BCUT2D eigenvalue weighted by Crippen LogP contribution is -2.39. The molecule has 1 saturated heterocycles. The zero-order valence-corrected chi connectivity index (χ0v) is 14.4. The largest absolute Gasteiger partial charge is 0.444 e. The number of carbonyl (C=O) groups excluding carboxylic acids is 1. The summed E-state index contributed by atoms with van der Waals surface area (Å²) in [6, 6.07) is 0.837. The van der Waals surface area contributed by atoms with E-state index in [0.717, 1.165) is 32.0 Å². The van der Waals surface area contributed by atoms with Gasteiger partial charge < -0.3 is 15.0 Å². The predicted octanol–water partition coefficient (Wildman–Crippen LogP) is 3.95. The highest BCUT2D eigenvalue weighted by Crippen LogP contribution is 2.16. The highest BCUT2D eigenvalue weighted by atomic mass is 16.6. The number of hydrogen-bond acceptors (Lipinski definition) is 3. The topological polar surface area (TPSA) is 41.6 Å². The van der Waals surface area contributed by atoms with Crippen molar-refractivity contribution in [1.82, 2.24) is 10.2 Å². The van der Waals surface area contributed by atoms with Crippen LogP contribution in [0.1, 0.15) is 72.1 Å². The molecule has 124 valence electrons. The number of ether oxygens (including phenoxy) is 1. The maximum atomic E-state index is 11.5. The first-order valence-electron chi connectivity index (χ1n) is 8.57. The van der Waals surface area contributed by atoms with E-state index in [-0.39, 0.29) is 11.7 Å². The second-order valence-electron chi connectivity index (χ2n) is 7.15. The molecule has 1 aliphatic heterocycles. The van der Waals surface area contributed by atoms with Gasteiger partial charge >= 0.3 is 6.09 Å². The van der Waals surface area contributed by atoms with Crippen LogP contribution in [0.15, 0.2) is 0 Å². The Kier molecular flexibility index (Phi) is 8.09. The van der Waals surface area contributed by atoms with E-state index in [1.807, 2.05) is 20.8 Å². The molecule has 21 heavy (non-hydrogen) atoms. The summed E-state index contributed by atoms with van der Waals surface area (Å²) in [6.45, 7) is 7.41. The van der Waals surface area contributed by atoms with Crippen LogP contribution < -0.4 is 5.32 Å². The zero-order chi connectivity index (χ0) is 15.7. The summed E-state index contributed by atoms with van der Waals surface area (Å²) in [7, 11) is 2.07. The molecule has 1 amide bonds. The highest BCUT2D eigenvalue weighted by molar-refractivity contribution is 5.68. The van der Waals surface area contributed by atoms with Crippen molar-refractivity contribution in [3.63, 3.8) is 0 Å². The van der Waals surface area contributed by atoms with Crippen LogP contribution in [-0.2, 0) is 4.74 Å². The summed E-state index contributed by atoms with van der Waals surface area (Å²) in [4.78, 5) is 13.3. The SMILES string of the molecule is CC(C)(C)OC(=O)N1CCCCC1.CNC1CCCCC1. The van der Waals surface area contributed by atoms with Gasteiger partial charge in [0, 0.05) is 19.1 Å². The average Bonchev–Trinajstić information content (AvgIpc) is 2.48. The molecule has 2 rings (SSSR count). The third-order valence-corrected chi connectivity index (χ3v) is 4.02. The minimum absolute atomic E-state index is 0.160. The Labute approximate surface area is 130 Å². The molecule has 2 fully saturated rings. The van der Waals surface area contributed by atoms with E-state index in [1.165, 1.54) is 38.5 Å². The molecule has 0 aromatic carbocycles. The Balaban J connectivity index is 0.000000235. The zero-order valence-electron chi connectivity index (χ0n) is 14.4. The van der Waals surface area contributed by atoms with Crippen molar-refractivity contribution in [2.75, 3.05) is 20.1 Å². The number of carbonyl (C=O) groups is 1. The lowest BCUT2D eigenvalue weighted by atomic mass is 9.96. The van der Waals surface area contributed by atoms with Gasteiger partial charge in [-0.05, 0) is 59.9 Å². The van der Waals surface area contributed by atoms with Crippen LogP contribution in [-0.4, -0.2) is 42.8 Å². The second-order valence-corrected chi connectivity index (χ2v) is 7.15. The van der Waals surface area contributed by atoms with E-state index in [9.17, 15) is 4.79 Å². The van der Waals surface area contributed by atoms with Crippen LogP contribution in [0.2, 0.25) is 0 Å². The quantitative estimate of drug-likeness (QED) is 0.797. The number of hydrogen-bond donors (Lipinski definition) is 1. The van der Waals surface area contributed by atoms with Crippen molar-refractivity contribution in [2.24, 2.45) is 0 Å². The van der Waals surface area contributed by atoms with Gasteiger partial charge in [0.1, 0.15) is 5.60 Å². The maximum absolute atomic E-state index is 11.5. The van der Waals surface area contributed by atoms with E-state index in [1.54, 1.807) is 4.90 Å². The highest BCUT2D eigenvalue weighted by Gasteiger charge is 2.22. The number of nitrogens with one attached hydrogen (secondary N) is 1. The van der Waals surface area contributed by atoms with Crippen molar-refractivity contribution >= 4 is 6.09 Å². The Morgan fingerprint density at radius 3 is 1.95 bits per heavy atom. The number of amides is 1. The maximum Gasteiger partial charge on any atom is 0.410 e. The molecule has 1 aliphatic carbocycles. The lowest BCUT2D eigenvalue weighted by Gasteiger charge is -2.29. The standard InChI is InChI=1S/C10H19NO2.C7H15N/c1-10(2,3)13-9(12)11-7-5-4-6-8-11;1-8-7-5-3-2-4-6-7/h4-8H2,1-3H3;7-8H,2-6H2,1H3. The van der Waals surface area contributed by atoms with Gasteiger partial charge in [-0.1, -0.05) is 19.3 Å². The Morgan fingerprint density at radius 2 is 1.52 bits per heavy atom. The minimum atomic E-state index is -0.367. The van der Waals surface area contributed by atoms with Crippen LogP contribution in [0.4, 0.5) is 4.79 Å². The van der Waals surface area contributed by atoms with E-state index >= 15 is 0 Å². The van der Waals surface area contributed by atoms with Crippen LogP contribution in [0.5, 0.6) is 0 Å². The number of likely N-dealkylation sites (tertiary alicyclic amines) is 1. The summed E-state index contributed by atoms with van der Waals surface area (Å²) in [6.07, 6.45) is 10.4. The van der Waals surface area contributed by atoms with Gasteiger partial charge in [0.2, 0.25) is 0 Å². The molecule has 4 nitrogen and oxygen atoms in total. The second kappa shape index (κ2) is 9.29. The van der Waals surface area contributed by atoms with Crippen molar-refractivity contribution in [3.8, 4) is 0 Å². The molecule has 1 N–H and O–H groups in total. The molecule has 0 unspecified atom stereocenters. The summed E-state index contributed by atoms with van der Waals surface area (Å²) in [5.41, 5.74) is -0.367. The van der Waals surface area contributed by atoms with Gasteiger partial charge in [-0.25, -0.2) is 4.79 Å². The monoisotopic (exact) mass is 298 g/mol. The van der Waals surface area contributed by atoms with Crippen molar-refractivity contribution in [2.45, 2.75) is 83.8 Å². The molecule has 1 saturated carbocycles. The average molecular weight is 298 g/mol. The molecule has 0 bridgehead atoms. The number of rotatable bonds is 1. The third kappa shape index (κ3) is 8.30. The Morgan fingerprint density at radius 1 is 1.00 bits per heavy atom. The van der Waals surface area contributed by atoms with Gasteiger partial charge in [-0.2, -0.15) is 0 Å². The number of nitrogens with zero attached hydrogens (tertiary/aromatic N) is 1. The van der Waals surface area contributed by atoms with Crippen LogP contribution in [0.25, 0.3) is 0 Å².